The number of fused-ring (bicyclic) bond motifs is 4. The number of hydrogen-bond donors (Lipinski definition) is 2. The zero-order chi connectivity index (χ0) is 18.4. The van der Waals surface area contributed by atoms with Gasteiger partial charge < -0.3 is 10.0 Å². The molecule has 1 aliphatic heterocycles. The SMILES string of the molecule is C[C@H]1[C@H]2Cc3ccc(O)cc3[C@]1(CCNS(=O)(=O)N(C)C)CCN2C. The number of nitrogens with one attached hydrogen (secondary N) is 1. The fourth-order valence-corrected chi connectivity index (χ4v) is 5.30. The second-order valence-electron chi connectivity index (χ2n) is 7.72. The maximum atomic E-state index is 12.0. The molecule has 0 radical (unpaired) electrons. The molecule has 7 heteroatoms. The first-order valence-corrected chi connectivity index (χ1v) is 10.3. The molecule has 1 aromatic rings. The molecule has 0 aromatic heterocycles. The van der Waals surface area contributed by atoms with Gasteiger partial charge in [-0.1, -0.05) is 13.0 Å². The van der Waals surface area contributed by atoms with Crippen LogP contribution in [-0.2, 0) is 22.0 Å². The summed E-state index contributed by atoms with van der Waals surface area (Å²) in [5.74, 6) is 0.695. The molecule has 0 amide bonds. The van der Waals surface area contributed by atoms with Crippen molar-refractivity contribution in [2.75, 3.05) is 34.2 Å². The zero-order valence-corrected chi connectivity index (χ0v) is 16.3. The summed E-state index contributed by atoms with van der Waals surface area (Å²) in [6.07, 6.45) is 2.70. The molecule has 1 fully saturated rings. The van der Waals surface area contributed by atoms with E-state index in [1.54, 1.807) is 6.07 Å². The highest BCUT2D eigenvalue weighted by molar-refractivity contribution is 7.87. The number of benzene rings is 1. The van der Waals surface area contributed by atoms with Crippen molar-refractivity contribution in [1.29, 1.82) is 0 Å². The lowest BCUT2D eigenvalue weighted by atomic mass is 9.56. The molecule has 0 unspecified atom stereocenters. The Balaban J connectivity index is 1.92. The van der Waals surface area contributed by atoms with Gasteiger partial charge in [0.2, 0.25) is 0 Å². The molecule has 1 saturated heterocycles. The van der Waals surface area contributed by atoms with Crippen molar-refractivity contribution in [3.8, 4) is 5.75 Å². The maximum absolute atomic E-state index is 12.0. The lowest BCUT2D eigenvalue weighted by Crippen LogP contribution is -2.58. The topological polar surface area (TPSA) is 72.9 Å². The average molecular weight is 368 g/mol. The van der Waals surface area contributed by atoms with E-state index in [2.05, 4.69) is 23.6 Å². The van der Waals surface area contributed by atoms with Crippen LogP contribution in [-0.4, -0.2) is 63.0 Å². The third-order valence-corrected chi connectivity index (χ3v) is 7.85. The Morgan fingerprint density at radius 2 is 2.12 bits per heavy atom. The first kappa shape index (κ1) is 18.6. The summed E-state index contributed by atoms with van der Waals surface area (Å²) in [6.45, 7) is 3.66. The number of phenolic OH excluding ortho intramolecular Hbond substituents is 1. The molecule has 2 N–H and O–H groups in total. The van der Waals surface area contributed by atoms with Crippen molar-refractivity contribution in [2.24, 2.45) is 5.92 Å². The summed E-state index contributed by atoms with van der Waals surface area (Å²) in [5, 5.41) is 10.0. The third-order valence-electron chi connectivity index (χ3n) is 6.32. The van der Waals surface area contributed by atoms with Gasteiger partial charge in [0.15, 0.2) is 0 Å². The predicted molar refractivity (Wildman–Crippen MR) is 98.9 cm³/mol. The molecule has 0 spiro atoms. The lowest BCUT2D eigenvalue weighted by molar-refractivity contribution is 0.0366. The molecule has 1 aromatic carbocycles. The van der Waals surface area contributed by atoms with Gasteiger partial charge in [-0.15, -0.1) is 0 Å². The monoisotopic (exact) mass is 367 g/mol. The Morgan fingerprint density at radius 3 is 2.80 bits per heavy atom. The van der Waals surface area contributed by atoms with Crippen LogP contribution in [0, 0.1) is 5.92 Å². The first-order chi connectivity index (χ1) is 11.7. The van der Waals surface area contributed by atoms with Gasteiger partial charge in [0, 0.05) is 32.1 Å². The summed E-state index contributed by atoms with van der Waals surface area (Å²) >= 11 is 0. The molecule has 140 valence electrons. The Bertz CT molecular complexity index is 750. The van der Waals surface area contributed by atoms with Crippen molar-refractivity contribution in [1.82, 2.24) is 13.9 Å². The van der Waals surface area contributed by atoms with Crippen molar-refractivity contribution in [2.45, 2.75) is 37.6 Å². The van der Waals surface area contributed by atoms with Gasteiger partial charge in [0.25, 0.3) is 10.2 Å². The number of hydrogen-bond acceptors (Lipinski definition) is 4. The van der Waals surface area contributed by atoms with Crippen molar-refractivity contribution in [3.63, 3.8) is 0 Å². The smallest absolute Gasteiger partial charge is 0.278 e. The van der Waals surface area contributed by atoms with Gasteiger partial charge in [-0.2, -0.15) is 12.7 Å². The fraction of sp³-hybridized carbons (Fsp3) is 0.667. The first-order valence-electron chi connectivity index (χ1n) is 8.87. The van der Waals surface area contributed by atoms with Crippen molar-refractivity contribution < 1.29 is 13.5 Å². The van der Waals surface area contributed by atoms with E-state index in [0.717, 1.165) is 25.8 Å². The highest BCUT2D eigenvalue weighted by Gasteiger charge is 2.50. The summed E-state index contributed by atoms with van der Waals surface area (Å²) in [4.78, 5) is 2.42. The number of phenols is 1. The molecule has 2 bridgehead atoms. The van der Waals surface area contributed by atoms with Crippen LogP contribution in [0.3, 0.4) is 0 Å². The molecule has 3 rings (SSSR count). The minimum absolute atomic E-state index is 0.0989. The summed E-state index contributed by atoms with van der Waals surface area (Å²) < 4.78 is 28.0. The molecule has 6 nitrogen and oxygen atoms in total. The van der Waals surface area contributed by atoms with Crippen LogP contribution in [0.5, 0.6) is 5.75 Å². The number of nitrogens with zero attached hydrogens (tertiary/aromatic N) is 2. The van der Waals surface area contributed by atoms with Gasteiger partial charge in [-0.05, 0) is 62.0 Å². The van der Waals surface area contributed by atoms with Crippen LogP contribution in [0.4, 0.5) is 0 Å². The van der Waals surface area contributed by atoms with E-state index >= 15 is 0 Å². The van der Waals surface area contributed by atoms with E-state index in [1.165, 1.54) is 29.5 Å². The largest absolute Gasteiger partial charge is 0.508 e. The van der Waals surface area contributed by atoms with E-state index in [4.69, 9.17) is 0 Å². The highest BCUT2D eigenvalue weighted by atomic mass is 32.2. The molecule has 25 heavy (non-hydrogen) atoms. The fourth-order valence-electron chi connectivity index (χ4n) is 4.68. The van der Waals surface area contributed by atoms with E-state index in [1.807, 2.05) is 12.1 Å². The average Bonchev–Trinajstić information content (AvgIpc) is 2.54. The van der Waals surface area contributed by atoms with Crippen LogP contribution < -0.4 is 4.72 Å². The Kier molecular flexibility index (Phi) is 4.87. The normalized spacial score (nSPS) is 29.6. The quantitative estimate of drug-likeness (QED) is 0.823. The molecular formula is C18H29N3O3S. The molecule has 2 aliphatic rings. The van der Waals surface area contributed by atoms with Crippen LogP contribution in [0.25, 0.3) is 0 Å². The van der Waals surface area contributed by atoms with Gasteiger partial charge >= 0.3 is 0 Å². The minimum atomic E-state index is -3.42. The van der Waals surface area contributed by atoms with Crippen LogP contribution >= 0.6 is 0 Å². The highest BCUT2D eigenvalue weighted by Crippen LogP contribution is 2.51. The van der Waals surface area contributed by atoms with E-state index in [0.29, 0.717) is 18.5 Å². The molecule has 1 aliphatic carbocycles. The zero-order valence-electron chi connectivity index (χ0n) is 15.5. The Labute approximate surface area is 151 Å². The van der Waals surface area contributed by atoms with Gasteiger partial charge in [-0.3, -0.25) is 0 Å². The second-order valence-corrected chi connectivity index (χ2v) is 9.69. The van der Waals surface area contributed by atoms with Gasteiger partial charge in [0.05, 0.1) is 0 Å². The molecule has 0 saturated carbocycles. The standard InChI is InChI=1S/C18H29N3O3S/c1-13-17-11-14-5-6-15(22)12-16(14)18(13,8-10-21(17)4)7-9-19-25(23,24)20(2)3/h5-6,12-13,17,19,22H,7-11H2,1-4H3/t13-,17+,18+/m0/s1. The van der Waals surface area contributed by atoms with Crippen LogP contribution in [0.2, 0.25) is 0 Å². The van der Waals surface area contributed by atoms with Gasteiger partial charge in [0.1, 0.15) is 5.75 Å². The van der Waals surface area contributed by atoms with E-state index < -0.39 is 10.2 Å². The van der Waals surface area contributed by atoms with E-state index in [9.17, 15) is 13.5 Å². The Morgan fingerprint density at radius 1 is 1.40 bits per heavy atom. The third kappa shape index (κ3) is 3.18. The molecule has 3 atom stereocenters. The number of likely N-dealkylation sites (N-methyl/N-ethyl adjacent to an activating group) is 1. The van der Waals surface area contributed by atoms with E-state index in [-0.39, 0.29) is 11.2 Å². The predicted octanol–water partition coefficient (Wildman–Crippen LogP) is 1.31. The number of rotatable bonds is 5. The summed E-state index contributed by atoms with van der Waals surface area (Å²) in [7, 11) is 1.81. The minimum Gasteiger partial charge on any atom is -0.508 e. The summed E-state index contributed by atoms with van der Waals surface area (Å²) in [5.41, 5.74) is 2.38. The lowest BCUT2D eigenvalue weighted by Gasteiger charge is -2.55. The van der Waals surface area contributed by atoms with Crippen LogP contribution in [0.15, 0.2) is 18.2 Å². The Hall–Kier alpha value is -1.15. The number of piperidine rings is 1. The molecular weight excluding hydrogens is 338 g/mol. The second kappa shape index (κ2) is 6.54. The maximum Gasteiger partial charge on any atom is 0.278 e. The molecule has 1 heterocycles. The summed E-state index contributed by atoms with van der Waals surface area (Å²) in [6, 6.07) is 6.14. The number of likely N-dealkylation sites (tertiary alicyclic amines) is 1. The van der Waals surface area contributed by atoms with Crippen LogP contribution in [0.1, 0.15) is 30.9 Å². The van der Waals surface area contributed by atoms with Gasteiger partial charge in [-0.25, -0.2) is 4.72 Å². The number of aromatic hydroxyl groups is 1. The van der Waals surface area contributed by atoms with Crippen molar-refractivity contribution in [3.05, 3.63) is 29.3 Å². The van der Waals surface area contributed by atoms with Crippen molar-refractivity contribution >= 4 is 10.2 Å².